The maximum Gasteiger partial charge on any atom is 0.244 e. The molecule has 164 valence electrons. The molecule has 30 heavy (non-hydrogen) atoms. The van der Waals surface area contributed by atoms with Crippen LogP contribution in [-0.2, 0) is 14.8 Å². The molecule has 0 aliphatic carbocycles. The van der Waals surface area contributed by atoms with Crippen LogP contribution in [0.5, 0.6) is 5.75 Å². The van der Waals surface area contributed by atoms with E-state index in [-0.39, 0.29) is 35.3 Å². The summed E-state index contributed by atoms with van der Waals surface area (Å²) in [5, 5.41) is 3.84. The van der Waals surface area contributed by atoms with Gasteiger partial charge in [-0.15, -0.1) is 0 Å². The van der Waals surface area contributed by atoms with Crippen LogP contribution in [0.1, 0.15) is 18.9 Å². The average molecular weight is 494 g/mol. The van der Waals surface area contributed by atoms with Crippen LogP contribution < -0.4 is 14.4 Å². The molecule has 0 heterocycles. The van der Waals surface area contributed by atoms with E-state index in [1.54, 1.807) is 19.1 Å². The van der Waals surface area contributed by atoms with Gasteiger partial charge in [0.15, 0.2) is 0 Å². The van der Waals surface area contributed by atoms with Gasteiger partial charge in [0.25, 0.3) is 0 Å². The number of hydrogen-bond donors (Lipinski definition) is 1. The van der Waals surface area contributed by atoms with Crippen LogP contribution in [0.15, 0.2) is 36.4 Å². The molecule has 0 aliphatic heterocycles. The smallest absolute Gasteiger partial charge is 0.244 e. The molecule has 0 saturated heterocycles. The van der Waals surface area contributed by atoms with E-state index in [0.29, 0.717) is 10.8 Å². The zero-order chi connectivity index (χ0) is 22.5. The van der Waals surface area contributed by atoms with Crippen molar-refractivity contribution in [3.05, 3.63) is 57.0 Å². The number of benzene rings is 2. The zero-order valence-corrected chi connectivity index (χ0v) is 19.9. The van der Waals surface area contributed by atoms with Crippen molar-refractivity contribution in [3.8, 4) is 5.75 Å². The van der Waals surface area contributed by atoms with Crippen molar-refractivity contribution in [2.24, 2.45) is 0 Å². The lowest BCUT2D eigenvalue weighted by Gasteiger charge is -2.30. The number of aryl methyl sites for hydroxylation is 1. The number of carbonyl (C=O) groups is 1. The Hall–Kier alpha value is -1.67. The normalized spacial score (nSPS) is 12.3. The van der Waals surface area contributed by atoms with Crippen molar-refractivity contribution < 1.29 is 17.9 Å². The molecule has 0 bridgehead atoms. The van der Waals surface area contributed by atoms with Crippen molar-refractivity contribution in [2.45, 2.75) is 26.3 Å². The largest absolute Gasteiger partial charge is 0.492 e. The first-order chi connectivity index (χ1) is 14.0. The number of halogens is 3. The third kappa shape index (κ3) is 6.67. The monoisotopic (exact) mass is 492 g/mol. The fourth-order valence-corrected chi connectivity index (χ4v) is 4.73. The predicted octanol–water partition coefficient (Wildman–Crippen LogP) is 4.70. The minimum Gasteiger partial charge on any atom is -0.492 e. The molecule has 1 N–H and O–H groups in total. The number of anilines is 1. The summed E-state index contributed by atoms with van der Waals surface area (Å²) in [6, 6.07) is 8.74. The maximum absolute atomic E-state index is 12.8. The van der Waals surface area contributed by atoms with Crippen LogP contribution in [0.2, 0.25) is 15.1 Å². The van der Waals surface area contributed by atoms with Crippen LogP contribution in [0, 0.1) is 6.92 Å². The molecular formula is C20H23Cl3N2O4S. The number of ether oxygens (including phenoxy) is 1. The van der Waals surface area contributed by atoms with Crippen LogP contribution in [0.3, 0.4) is 0 Å². The molecule has 2 aromatic carbocycles. The Morgan fingerprint density at radius 3 is 2.30 bits per heavy atom. The number of sulfonamides is 1. The molecule has 6 nitrogen and oxygen atoms in total. The predicted molar refractivity (Wildman–Crippen MR) is 123 cm³/mol. The Morgan fingerprint density at radius 2 is 1.77 bits per heavy atom. The highest BCUT2D eigenvalue weighted by molar-refractivity contribution is 7.92. The summed E-state index contributed by atoms with van der Waals surface area (Å²) in [5.41, 5.74) is 1.16. The second kappa shape index (κ2) is 10.6. The van der Waals surface area contributed by atoms with Crippen LogP contribution in [0.4, 0.5) is 5.69 Å². The van der Waals surface area contributed by atoms with Gasteiger partial charge in [-0.05, 0) is 49.2 Å². The second-order valence-electron chi connectivity index (χ2n) is 6.66. The third-order valence-electron chi connectivity index (χ3n) is 4.24. The van der Waals surface area contributed by atoms with Gasteiger partial charge < -0.3 is 10.1 Å². The molecule has 2 aromatic rings. The Morgan fingerprint density at radius 1 is 1.13 bits per heavy atom. The van der Waals surface area contributed by atoms with Gasteiger partial charge in [0.2, 0.25) is 15.9 Å². The van der Waals surface area contributed by atoms with Crippen molar-refractivity contribution >= 4 is 56.4 Å². The van der Waals surface area contributed by atoms with Gasteiger partial charge in [-0.3, -0.25) is 9.10 Å². The number of nitrogens with one attached hydrogen (secondary N) is 1. The Bertz CT molecular complexity index is 995. The van der Waals surface area contributed by atoms with E-state index in [4.69, 9.17) is 39.5 Å². The summed E-state index contributed by atoms with van der Waals surface area (Å²) < 4.78 is 31.5. The first-order valence-corrected chi connectivity index (χ1v) is 12.1. The lowest BCUT2D eigenvalue weighted by Crippen LogP contribution is -2.50. The highest BCUT2D eigenvalue weighted by atomic mass is 35.5. The molecule has 1 atom stereocenters. The van der Waals surface area contributed by atoms with Crippen molar-refractivity contribution in [3.63, 3.8) is 0 Å². The van der Waals surface area contributed by atoms with Crippen molar-refractivity contribution in [1.82, 2.24) is 5.32 Å². The summed E-state index contributed by atoms with van der Waals surface area (Å²) in [7, 11) is -3.78. The Kier molecular flexibility index (Phi) is 8.67. The lowest BCUT2D eigenvalue weighted by molar-refractivity contribution is -0.122. The molecular weight excluding hydrogens is 471 g/mol. The van der Waals surface area contributed by atoms with Crippen LogP contribution in [-0.4, -0.2) is 39.8 Å². The first-order valence-electron chi connectivity index (χ1n) is 9.15. The molecule has 0 aliphatic rings. The van der Waals surface area contributed by atoms with Gasteiger partial charge >= 0.3 is 0 Å². The summed E-state index contributed by atoms with van der Waals surface area (Å²) in [6.45, 7) is 4.00. The van der Waals surface area contributed by atoms with E-state index in [9.17, 15) is 13.2 Å². The maximum atomic E-state index is 12.8. The highest BCUT2D eigenvalue weighted by Gasteiger charge is 2.31. The quantitative estimate of drug-likeness (QED) is 0.514. The molecule has 0 saturated carbocycles. The number of hydrogen-bond acceptors (Lipinski definition) is 4. The fourth-order valence-electron chi connectivity index (χ4n) is 2.85. The zero-order valence-electron chi connectivity index (χ0n) is 16.8. The topological polar surface area (TPSA) is 75.7 Å². The summed E-state index contributed by atoms with van der Waals surface area (Å²) in [6.07, 6.45) is 1.28. The van der Waals surface area contributed by atoms with Crippen molar-refractivity contribution in [1.29, 1.82) is 0 Å². The number of carbonyl (C=O) groups excluding carboxylic acids is 1. The van der Waals surface area contributed by atoms with Gasteiger partial charge in [-0.25, -0.2) is 8.42 Å². The SMILES string of the molecule is CC[C@@H](C(=O)NCCOc1ccc(C)c(Cl)c1)N(c1cc(Cl)cc(Cl)c1)S(C)(=O)=O. The minimum absolute atomic E-state index is 0.189. The minimum atomic E-state index is -3.78. The van der Waals surface area contributed by atoms with Crippen LogP contribution >= 0.6 is 34.8 Å². The van der Waals surface area contributed by atoms with Gasteiger partial charge in [-0.1, -0.05) is 47.8 Å². The lowest BCUT2D eigenvalue weighted by atomic mass is 10.2. The molecule has 0 unspecified atom stereocenters. The molecule has 1 amide bonds. The Labute approximate surface area is 192 Å². The summed E-state index contributed by atoms with van der Waals surface area (Å²) in [4.78, 5) is 12.8. The van der Waals surface area contributed by atoms with Gasteiger partial charge in [-0.2, -0.15) is 0 Å². The van der Waals surface area contributed by atoms with E-state index in [2.05, 4.69) is 5.32 Å². The van der Waals surface area contributed by atoms with E-state index in [1.165, 1.54) is 18.2 Å². The summed E-state index contributed by atoms with van der Waals surface area (Å²) in [5.74, 6) is 0.128. The molecule has 0 aromatic heterocycles. The van der Waals surface area contributed by atoms with E-state index in [1.807, 2.05) is 13.0 Å². The van der Waals surface area contributed by atoms with E-state index >= 15 is 0 Å². The molecule has 0 fully saturated rings. The van der Waals surface area contributed by atoms with Gasteiger partial charge in [0.1, 0.15) is 18.4 Å². The molecule has 10 heteroatoms. The van der Waals surface area contributed by atoms with Crippen LogP contribution in [0.25, 0.3) is 0 Å². The van der Waals surface area contributed by atoms with Gasteiger partial charge in [0.05, 0.1) is 18.5 Å². The number of amides is 1. The van der Waals surface area contributed by atoms with E-state index in [0.717, 1.165) is 16.1 Å². The molecule has 0 spiro atoms. The van der Waals surface area contributed by atoms with Gasteiger partial charge in [0, 0.05) is 15.1 Å². The molecule has 0 radical (unpaired) electrons. The Balaban J connectivity index is 2.09. The number of nitrogens with zero attached hydrogens (tertiary/aromatic N) is 1. The molecule has 2 rings (SSSR count). The summed E-state index contributed by atoms with van der Waals surface area (Å²) >= 11 is 18.1. The third-order valence-corrected chi connectivity index (χ3v) is 6.27. The average Bonchev–Trinajstić information content (AvgIpc) is 2.63. The van der Waals surface area contributed by atoms with E-state index < -0.39 is 22.0 Å². The number of rotatable bonds is 9. The standard InChI is InChI=1S/C20H23Cl3N2O4S/c1-4-19(25(30(3,27)28)16-10-14(21)9-15(22)11-16)20(26)24-7-8-29-17-6-5-13(2)18(23)12-17/h5-6,9-12,19H,4,7-8H2,1-3H3,(H,24,26)/t19-/m0/s1. The second-order valence-corrected chi connectivity index (χ2v) is 9.80. The fraction of sp³-hybridized carbons (Fsp3) is 0.350. The highest BCUT2D eigenvalue weighted by Crippen LogP contribution is 2.29. The first kappa shape index (κ1) is 24.6. The van der Waals surface area contributed by atoms with Crippen molar-refractivity contribution in [2.75, 3.05) is 23.7 Å².